The van der Waals surface area contributed by atoms with Crippen LogP contribution in [-0.4, -0.2) is 0 Å². The summed E-state index contributed by atoms with van der Waals surface area (Å²) in [6.07, 6.45) is 6.31. The summed E-state index contributed by atoms with van der Waals surface area (Å²) in [4.78, 5) is 0. The smallest absolute Gasteiger partial charge is 0.0253 e. The van der Waals surface area contributed by atoms with Crippen LogP contribution in [0.2, 0.25) is 0 Å². The summed E-state index contributed by atoms with van der Waals surface area (Å²) in [6, 6.07) is 4.32. The van der Waals surface area contributed by atoms with Crippen molar-refractivity contribution in [2.75, 3.05) is 0 Å². The van der Waals surface area contributed by atoms with E-state index >= 15 is 0 Å². The van der Waals surface area contributed by atoms with Gasteiger partial charge >= 0.3 is 0 Å². The molecule has 0 heterocycles. The summed E-state index contributed by atoms with van der Waals surface area (Å²) >= 11 is 3.62. The van der Waals surface area contributed by atoms with Crippen molar-refractivity contribution >= 4 is 21.5 Å². The quantitative estimate of drug-likeness (QED) is 0.697. The molecule has 0 amide bonds. The number of allylic oxidation sites excluding steroid dienone is 3. The Labute approximate surface area is 93.5 Å². The van der Waals surface area contributed by atoms with Crippen LogP contribution in [0.4, 0.5) is 0 Å². The summed E-state index contributed by atoms with van der Waals surface area (Å²) in [5.41, 5.74) is 5.69. The van der Waals surface area contributed by atoms with Gasteiger partial charge in [-0.1, -0.05) is 40.7 Å². The fourth-order valence-electron chi connectivity index (χ4n) is 2.09. The molecule has 0 N–H and O–H groups in total. The molecule has 0 radical (unpaired) electrons. The van der Waals surface area contributed by atoms with Crippen LogP contribution < -0.4 is 0 Å². The minimum Gasteiger partial charge on any atom is -0.0991 e. The lowest BCUT2D eigenvalue weighted by Gasteiger charge is -2.06. The van der Waals surface area contributed by atoms with Crippen molar-refractivity contribution in [1.82, 2.24) is 0 Å². The molecular formula is C13H13Br. The Bertz CT molecular complexity index is 413. The maximum atomic E-state index is 3.76. The topological polar surface area (TPSA) is 0 Å². The third-order valence-corrected chi connectivity index (χ3v) is 3.44. The van der Waals surface area contributed by atoms with Gasteiger partial charge in [0, 0.05) is 4.47 Å². The van der Waals surface area contributed by atoms with Crippen LogP contribution in [0.5, 0.6) is 0 Å². The Kier molecular flexibility index (Phi) is 2.60. The third kappa shape index (κ3) is 1.46. The Hall–Kier alpha value is -0.820. The molecule has 0 spiro atoms. The van der Waals surface area contributed by atoms with Crippen LogP contribution in [-0.2, 0) is 6.42 Å². The highest BCUT2D eigenvalue weighted by Gasteiger charge is 2.19. The average Bonchev–Trinajstić information content (AvgIpc) is 2.58. The number of halogens is 1. The molecular weight excluding hydrogens is 236 g/mol. The van der Waals surface area contributed by atoms with Crippen molar-refractivity contribution in [3.8, 4) is 0 Å². The molecule has 0 atom stereocenters. The Morgan fingerprint density at radius 3 is 2.86 bits per heavy atom. The van der Waals surface area contributed by atoms with Crippen molar-refractivity contribution in [2.45, 2.75) is 19.8 Å². The van der Waals surface area contributed by atoms with Crippen molar-refractivity contribution in [2.24, 2.45) is 0 Å². The van der Waals surface area contributed by atoms with E-state index in [9.17, 15) is 0 Å². The fraction of sp³-hybridized carbons (Fsp3) is 0.231. The van der Waals surface area contributed by atoms with Gasteiger partial charge in [-0.3, -0.25) is 0 Å². The van der Waals surface area contributed by atoms with E-state index < -0.39 is 0 Å². The Morgan fingerprint density at radius 2 is 2.14 bits per heavy atom. The maximum absolute atomic E-state index is 3.76. The van der Waals surface area contributed by atoms with E-state index in [-0.39, 0.29) is 0 Å². The lowest BCUT2D eigenvalue weighted by molar-refractivity contribution is 1.06. The summed E-state index contributed by atoms with van der Waals surface area (Å²) in [5, 5.41) is 0. The van der Waals surface area contributed by atoms with Gasteiger partial charge in [-0.15, -0.1) is 0 Å². The first kappa shape index (κ1) is 9.72. The van der Waals surface area contributed by atoms with Gasteiger partial charge in [-0.25, -0.2) is 0 Å². The lowest BCUT2D eigenvalue weighted by Crippen LogP contribution is -1.87. The van der Waals surface area contributed by atoms with Gasteiger partial charge in [0.15, 0.2) is 0 Å². The summed E-state index contributed by atoms with van der Waals surface area (Å²) in [5.74, 6) is 0. The molecule has 0 aromatic heterocycles. The van der Waals surface area contributed by atoms with Crippen LogP contribution in [0.1, 0.15) is 23.1 Å². The minimum absolute atomic E-state index is 1.14. The van der Waals surface area contributed by atoms with E-state index in [0.717, 1.165) is 6.42 Å². The highest BCUT2D eigenvalue weighted by molar-refractivity contribution is 9.10. The van der Waals surface area contributed by atoms with Crippen molar-refractivity contribution in [3.05, 3.63) is 52.0 Å². The van der Waals surface area contributed by atoms with Crippen LogP contribution in [0, 0.1) is 6.92 Å². The summed E-state index contributed by atoms with van der Waals surface area (Å²) in [7, 11) is 0. The third-order valence-electron chi connectivity index (χ3n) is 2.78. The predicted molar refractivity (Wildman–Crippen MR) is 65.4 cm³/mol. The van der Waals surface area contributed by atoms with Crippen molar-refractivity contribution in [1.29, 1.82) is 0 Å². The Morgan fingerprint density at radius 1 is 1.36 bits per heavy atom. The zero-order valence-electron chi connectivity index (χ0n) is 8.31. The summed E-state index contributed by atoms with van der Waals surface area (Å²) < 4.78 is 1.21. The van der Waals surface area contributed by atoms with Gasteiger partial charge in [0.2, 0.25) is 0 Å². The number of fused-ring (bicyclic) bond motifs is 1. The SMILES string of the molecule is C=C/C=C1\CCc2c(C)ccc(Br)c21. The zero-order chi connectivity index (χ0) is 10.1. The van der Waals surface area contributed by atoms with E-state index in [2.05, 4.69) is 47.6 Å². The van der Waals surface area contributed by atoms with E-state index in [4.69, 9.17) is 0 Å². The van der Waals surface area contributed by atoms with Crippen LogP contribution in [0.25, 0.3) is 5.57 Å². The first-order valence-corrected chi connectivity index (χ1v) is 5.63. The number of hydrogen-bond donors (Lipinski definition) is 0. The number of hydrogen-bond acceptors (Lipinski definition) is 0. The zero-order valence-corrected chi connectivity index (χ0v) is 9.89. The second-order valence-electron chi connectivity index (χ2n) is 3.65. The van der Waals surface area contributed by atoms with Crippen LogP contribution >= 0.6 is 15.9 Å². The van der Waals surface area contributed by atoms with Gasteiger partial charge in [0.25, 0.3) is 0 Å². The van der Waals surface area contributed by atoms with E-state index in [1.807, 2.05) is 6.08 Å². The molecule has 0 fully saturated rings. The monoisotopic (exact) mass is 248 g/mol. The first-order valence-electron chi connectivity index (χ1n) is 4.84. The molecule has 0 nitrogen and oxygen atoms in total. The lowest BCUT2D eigenvalue weighted by atomic mass is 10.0. The predicted octanol–water partition coefficient (Wildman–Crippen LogP) is 4.27. The number of aryl methyl sites for hydroxylation is 1. The van der Waals surface area contributed by atoms with Gasteiger partial charge in [-0.2, -0.15) is 0 Å². The molecule has 1 aromatic carbocycles. The molecule has 1 aliphatic carbocycles. The van der Waals surface area contributed by atoms with Crippen molar-refractivity contribution < 1.29 is 0 Å². The number of benzene rings is 1. The molecule has 2 rings (SSSR count). The number of rotatable bonds is 1. The van der Waals surface area contributed by atoms with Gasteiger partial charge in [-0.05, 0) is 48.1 Å². The standard InChI is InChI=1S/C13H13Br/c1-3-4-10-6-7-11-9(2)5-8-12(14)13(10)11/h3-5,8H,1,6-7H2,2H3/b10-4+. The highest BCUT2D eigenvalue weighted by atomic mass is 79.9. The molecule has 0 bridgehead atoms. The molecule has 72 valence electrons. The maximum Gasteiger partial charge on any atom is 0.0253 e. The van der Waals surface area contributed by atoms with Crippen LogP contribution in [0.3, 0.4) is 0 Å². The molecule has 0 saturated carbocycles. The second kappa shape index (κ2) is 3.74. The first-order chi connectivity index (χ1) is 6.74. The van der Waals surface area contributed by atoms with Gasteiger partial charge < -0.3 is 0 Å². The van der Waals surface area contributed by atoms with E-state index in [0.29, 0.717) is 0 Å². The molecule has 0 saturated heterocycles. The molecule has 0 aliphatic heterocycles. The summed E-state index contributed by atoms with van der Waals surface area (Å²) in [6.45, 7) is 5.94. The van der Waals surface area contributed by atoms with E-state index in [1.165, 1.54) is 33.2 Å². The average molecular weight is 249 g/mol. The van der Waals surface area contributed by atoms with Crippen LogP contribution in [0.15, 0.2) is 35.3 Å². The molecule has 1 heteroatoms. The molecule has 14 heavy (non-hydrogen) atoms. The second-order valence-corrected chi connectivity index (χ2v) is 4.50. The molecule has 1 aliphatic rings. The van der Waals surface area contributed by atoms with E-state index in [1.54, 1.807) is 0 Å². The normalized spacial score (nSPS) is 17.1. The van der Waals surface area contributed by atoms with Crippen molar-refractivity contribution in [3.63, 3.8) is 0 Å². The van der Waals surface area contributed by atoms with Gasteiger partial charge in [0.1, 0.15) is 0 Å². The Balaban J connectivity index is 2.64. The largest absolute Gasteiger partial charge is 0.0991 e. The highest BCUT2D eigenvalue weighted by Crippen LogP contribution is 2.38. The van der Waals surface area contributed by atoms with Gasteiger partial charge in [0.05, 0.1) is 0 Å². The fourth-order valence-corrected chi connectivity index (χ4v) is 2.71. The minimum atomic E-state index is 1.14. The molecule has 0 unspecified atom stereocenters. The molecule has 1 aromatic rings.